The molecule has 3 aromatic carbocycles. The Bertz CT molecular complexity index is 1140. The lowest BCUT2D eigenvalue weighted by Crippen LogP contribution is -2.40. The molecule has 3 aromatic rings. The summed E-state index contributed by atoms with van der Waals surface area (Å²) in [5.41, 5.74) is 2.89. The highest BCUT2D eigenvalue weighted by Crippen LogP contribution is 2.28. The molecule has 7 heteroatoms. The molecule has 5 nitrogen and oxygen atoms in total. The van der Waals surface area contributed by atoms with Crippen molar-refractivity contribution in [1.29, 1.82) is 0 Å². The number of para-hydroxylation sites is 1. The first-order chi connectivity index (χ1) is 14.2. The van der Waals surface area contributed by atoms with Crippen molar-refractivity contribution in [1.82, 2.24) is 0 Å². The van der Waals surface area contributed by atoms with Gasteiger partial charge in [-0.05, 0) is 68.3 Å². The molecule has 30 heavy (non-hydrogen) atoms. The molecule has 0 fully saturated rings. The van der Waals surface area contributed by atoms with Crippen LogP contribution in [0.1, 0.15) is 16.7 Å². The van der Waals surface area contributed by atoms with Gasteiger partial charge in [-0.2, -0.15) is 4.31 Å². The highest BCUT2D eigenvalue weighted by atomic mass is 79.9. The van der Waals surface area contributed by atoms with Crippen molar-refractivity contribution >= 4 is 37.5 Å². The second-order valence-corrected chi connectivity index (χ2v) is 9.67. The van der Waals surface area contributed by atoms with Crippen LogP contribution in [0.3, 0.4) is 0 Å². The maximum atomic E-state index is 13.3. The summed E-state index contributed by atoms with van der Waals surface area (Å²) >= 11 is 3.43. The lowest BCUT2D eigenvalue weighted by atomic mass is 10.1. The number of carbonyl (C=O) groups is 1. The van der Waals surface area contributed by atoms with E-state index in [1.165, 1.54) is 12.1 Å². The largest absolute Gasteiger partial charge is 0.483 e. The lowest BCUT2D eigenvalue weighted by Gasteiger charge is -2.23. The Morgan fingerprint density at radius 2 is 1.50 bits per heavy atom. The number of anilines is 1. The first kappa shape index (κ1) is 22.1. The van der Waals surface area contributed by atoms with Crippen LogP contribution in [0.4, 0.5) is 5.69 Å². The number of sulfonamides is 1. The number of carbonyl (C=O) groups excluding carboxylic acids is 1. The molecule has 3 rings (SSSR count). The second kappa shape index (κ2) is 9.02. The van der Waals surface area contributed by atoms with Gasteiger partial charge in [0.2, 0.25) is 0 Å². The molecule has 0 spiro atoms. The van der Waals surface area contributed by atoms with Crippen molar-refractivity contribution in [3.05, 3.63) is 87.9 Å². The van der Waals surface area contributed by atoms with Gasteiger partial charge < -0.3 is 4.74 Å². The normalized spacial score (nSPS) is 11.2. The molecular formula is C23H22BrNO4S. The van der Waals surface area contributed by atoms with E-state index in [-0.39, 0.29) is 10.6 Å². The van der Waals surface area contributed by atoms with Crippen molar-refractivity contribution in [2.75, 3.05) is 10.9 Å². The van der Waals surface area contributed by atoms with Gasteiger partial charge in [-0.1, -0.05) is 51.8 Å². The molecule has 1 amide bonds. The molecule has 0 aliphatic heterocycles. The highest BCUT2D eigenvalue weighted by Gasteiger charge is 2.31. The average Bonchev–Trinajstić information content (AvgIpc) is 2.68. The van der Waals surface area contributed by atoms with E-state index >= 15 is 0 Å². The zero-order valence-electron chi connectivity index (χ0n) is 16.9. The van der Waals surface area contributed by atoms with Crippen LogP contribution in [-0.2, 0) is 14.8 Å². The fraction of sp³-hybridized carbons (Fsp3) is 0.174. The third kappa shape index (κ3) is 4.74. The number of hydrogen-bond acceptors (Lipinski definition) is 4. The van der Waals surface area contributed by atoms with Gasteiger partial charge in [-0.15, -0.1) is 0 Å². The fourth-order valence-electron chi connectivity index (χ4n) is 3.11. The standard InChI is InChI=1S/C23H22BrNO4S/c1-16-9-11-21(12-10-16)30(27,28)25(20-7-5-4-6-8-20)22(26)15-29-23-17(2)13-19(24)14-18(23)3/h4-14H,15H2,1-3H3. The fourth-order valence-corrected chi connectivity index (χ4v) is 5.21. The molecule has 0 saturated heterocycles. The van der Waals surface area contributed by atoms with Crippen molar-refractivity contribution in [3.8, 4) is 5.75 Å². The molecule has 0 saturated carbocycles. The summed E-state index contributed by atoms with van der Waals surface area (Å²) in [6.07, 6.45) is 0. The van der Waals surface area contributed by atoms with Crippen LogP contribution >= 0.6 is 15.9 Å². The monoisotopic (exact) mass is 487 g/mol. The number of halogens is 1. The predicted octanol–water partition coefficient (Wildman–Crippen LogP) is 5.18. The number of rotatable bonds is 6. The van der Waals surface area contributed by atoms with Crippen molar-refractivity contribution in [2.24, 2.45) is 0 Å². The number of aryl methyl sites for hydroxylation is 3. The number of amides is 1. The van der Waals surface area contributed by atoms with Gasteiger partial charge in [0.25, 0.3) is 15.9 Å². The number of benzene rings is 3. The molecule has 0 N–H and O–H groups in total. The number of hydrogen-bond donors (Lipinski definition) is 0. The number of ether oxygens (including phenoxy) is 1. The maximum Gasteiger partial charge on any atom is 0.278 e. The molecule has 0 aromatic heterocycles. The quantitative estimate of drug-likeness (QED) is 0.480. The summed E-state index contributed by atoms with van der Waals surface area (Å²) < 4.78 is 34.1. The molecule has 156 valence electrons. The van der Waals surface area contributed by atoms with Crippen molar-refractivity contribution in [2.45, 2.75) is 25.7 Å². The van der Waals surface area contributed by atoms with Crippen LogP contribution < -0.4 is 9.04 Å². The van der Waals surface area contributed by atoms with Gasteiger partial charge in [0.1, 0.15) is 5.75 Å². The summed E-state index contributed by atoms with van der Waals surface area (Å²) in [5, 5.41) is 0. The molecule has 0 aliphatic rings. The minimum Gasteiger partial charge on any atom is -0.483 e. The van der Waals surface area contributed by atoms with Gasteiger partial charge in [0.15, 0.2) is 6.61 Å². The molecule has 0 aliphatic carbocycles. The third-order valence-electron chi connectivity index (χ3n) is 4.54. The minimum absolute atomic E-state index is 0.0429. The molecule has 0 heterocycles. The van der Waals surface area contributed by atoms with E-state index < -0.39 is 22.5 Å². The Morgan fingerprint density at radius 3 is 2.07 bits per heavy atom. The summed E-state index contributed by atoms with van der Waals surface area (Å²) in [6, 6.07) is 18.5. The van der Waals surface area contributed by atoms with Crippen LogP contribution in [0.25, 0.3) is 0 Å². The first-order valence-electron chi connectivity index (χ1n) is 9.29. The van der Waals surface area contributed by atoms with E-state index in [9.17, 15) is 13.2 Å². The van der Waals surface area contributed by atoms with Gasteiger partial charge in [-0.25, -0.2) is 8.42 Å². The van der Waals surface area contributed by atoms with E-state index in [0.717, 1.165) is 25.5 Å². The van der Waals surface area contributed by atoms with Gasteiger partial charge in [0, 0.05) is 4.47 Å². The summed E-state index contributed by atoms with van der Waals surface area (Å²) in [4.78, 5) is 13.1. The molecule has 0 atom stereocenters. The topological polar surface area (TPSA) is 63.7 Å². The van der Waals surface area contributed by atoms with Crippen LogP contribution in [0.5, 0.6) is 5.75 Å². The predicted molar refractivity (Wildman–Crippen MR) is 121 cm³/mol. The Balaban J connectivity index is 1.95. The van der Waals surface area contributed by atoms with Crippen molar-refractivity contribution in [3.63, 3.8) is 0 Å². The first-order valence-corrected chi connectivity index (χ1v) is 11.5. The summed E-state index contributed by atoms with van der Waals surface area (Å²) in [6.45, 7) is 5.20. The Hall–Kier alpha value is -2.64. The van der Waals surface area contributed by atoms with Gasteiger partial charge in [-0.3, -0.25) is 4.79 Å². The number of nitrogens with zero attached hydrogens (tertiary/aromatic N) is 1. The highest BCUT2D eigenvalue weighted by molar-refractivity contribution is 9.10. The smallest absolute Gasteiger partial charge is 0.278 e. The Morgan fingerprint density at radius 1 is 0.933 bits per heavy atom. The van der Waals surface area contributed by atoms with Gasteiger partial charge >= 0.3 is 0 Å². The summed E-state index contributed by atoms with van der Waals surface area (Å²) in [5.74, 6) is -0.115. The van der Waals surface area contributed by atoms with Crippen LogP contribution in [-0.4, -0.2) is 20.9 Å². The third-order valence-corrected chi connectivity index (χ3v) is 6.76. The molecule has 0 bridgehead atoms. The maximum absolute atomic E-state index is 13.3. The van der Waals surface area contributed by atoms with E-state index in [2.05, 4.69) is 15.9 Å². The molecule has 0 unspecified atom stereocenters. The van der Waals surface area contributed by atoms with Crippen LogP contribution in [0, 0.1) is 20.8 Å². The zero-order valence-corrected chi connectivity index (χ0v) is 19.3. The second-order valence-electron chi connectivity index (χ2n) is 6.97. The van der Waals surface area contributed by atoms with Crippen LogP contribution in [0.2, 0.25) is 0 Å². The SMILES string of the molecule is Cc1ccc(S(=O)(=O)N(C(=O)COc2c(C)cc(Br)cc2C)c2ccccc2)cc1. The van der Waals surface area contributed by atoms with E-state index in [0.29, 0.717) is 5.75 Å². The van der Waals surface area contributed by atoms with Crippen LogP contribution in [0.15, 0.2) is 76.1 Å². The zero-order chi connectivity index (χ0) is 21.9. The van der Waals surface area contributed by atoms with E-state index in [1.54, 1.807) is 42.5 Å². The minimum atomic E-state index is -4.11. The van der Waals surface area contributed by atoms with E-state index in [4.69, 9.17) is 4.74 Å². The summed E-state index contributed by atoms with van der Waals surface area (Å²) in [7, 11) is -4.11. The van der Waals surface area contributed by atoms with E-state index in [1.807, 2.05) is 32.9 Å². The van der Waals surface area contributed by atoms with Crippen molar-refractivity contribution < 1.29 is 17.9 Å². The average molecular weight is 488 g/mol. The van der Waals surface area contributed by atoms with Gasteiger partial charge in [0.05, 0.1) is 10.6 Å². The molecule has 0 radical (unpaired) electrons. The molecular weight excluding hydrogens is 466 g/mol. The lowest BCUT2D eigenvalue weighted by molar-refractivity contribution is -0.119. The Labute approximate surface area is 185 Å². The Kier molecular flexibility index (Phi) is 6.63.